The first-order valence-electron chi connectivity index (χ1n) is 8.59. The maximum absolute atomic E-state index is 11.4. The maximum Gasteiger partial charge on any atom is 0.186 e. The Morgan fingerprint density at radius 3 is 2.96 bits per heavy atom. The summed E-state index contributed by atoms with van der Waals surface area (Å²) in [5.74, 6) is 1.31. The summed E-state index contributed by atoms with van der Waals surface area (Å²) in [5.41, 5.74) is 4.50. The van der Waals surface area contributed by atoms with Crippen LogP contribution in [0.2, 0.25) is 0 Å². The molecule has 1 saturated heterocycles. The molecule has 3 aliphatic rings. The second-order valence-corrected chi connectivity index (χ2v) is 7.80. The molecule has 4 atom stereocenters. The van der Waals surface area contributed by atoms with Gasteiger partial charge in [0.2, 0.25) is 0 Å². The van der Waals surface area contributed by atoms with Crippen molar-refractivity contribution in [2.45, 2.75) is 29.9 Å². The van der Waals surface area contributed by atoms with Crippen LogP contribution in [0.25, 0.3) is 0 Å². The molecule has 2 aromatic rings. The van der Waals surface area contributed by atoms with E-state index >= 15 is 0 Å². The first-order valence-corrected chi connectivity index (χ1v) is 9.70. The van der Waals surface area contributed by atoms with E-state index in [2.05, 4.69) is 23.5 Å². The van der Waals surface area contributed by atoms with Crippen LogP contribution in [-0.4, -0.2) is 22.0 Å². The molecular weight excluding hydrogens is 338 g/mol. The third-order valence-electron chi connectivity index (χ3n) is 5.48. The Balaban J connectivity index is 1.56. The van der Waals surface area contributed by atoms with E-state index in [0.717, 1.165) is 36.4 Å². The van der Waals surface area contributed by atoms with Gasteiger partial charge in [-0.05, 0) is 47.9 Å². The van der Waals surface area contributed by atoms with Crippen molar-refractivity contribution in [2.75, 3.05) is 18.5 Å². The number of rotatable bonds is 2. The van der Waals surface area contributed by atoms with E-state index in [1.165, 1.54) is 11.1 Å². The van der Waals surface area contributed by atoms with Gasteiger partial charge in [0, 0.05) is 30.2 Å². The highest BCUT2D eigenvalue weighted by Gasteiger charge is 2.41. The number of hydrogen-bond donors (Lipinski definition) is 2. The van der Waals surface area contributed by atoms with E-state index < -0.39 is 11.1 Å². The lowest BCUT2D eigenvalue weighted by Gasteiger charge is -2.36. The Morgan fingerprint density at radius 2 is 2.08 bits per heavy atom. The summed E-state index contributed by atoms with van der Waals surface area (Å²) in [5, 5.41) is 3.64. The average Bonchev–Trinajstić information content (AvgIpc) is 3.29. The molecule has 0 radical (unpaired) electrons. The van der Waals surface area contributed by atoms with E-state index in [9.17, 15) is 8.76 Å². The van der Waals surface area contributed by atoms with Crippen LogP contribution in [0.3, 0.4) is 0 Å². The Hall–Kier alpha value is -1.89. The molecular formula is C19H19NO4S. The topological polar surface area (TPSA) is 67.8 Å². The van der Waals surface area contributed by atoms with Gasteiger partial charge in [0.1, 0.15) is 5.75 Å². The second kappa shape index (κ2) is 5.83. The lowest BCUT2D eigenvalue weighted by molar-refractivity contribution is 0.0827. The predicted molar refractivity (Wildman–Crippen MR) is 94.3 cm³/mol. The van der Waals surface area contributed by atoms with Crippen LogP contribution in [0.1, 0.15) is 35.3 Å². The van der Waals surface area contributed by atoms with Gasteiger partial charge < -0.3 is 19.3 Å². The average molecular weight is 357 g/mol. The van der Waals surface area contributed by atoms with Crippen LogP contribution in [-0.2, 0) is 22.2 Å². The van der Waals surface area contributed by atoms with E-state index in [-0.39, 0.29) is 12.1 Å². The summed E-state index contributed by atoms with van der Waals surface area (Å²) in [6, 6.07) is 12.0. The lowest BCUT2D eigenvalue weighted by Crippen LogP contribution is -2.29. The molecule has 0 saturated carbocycles. The number of nitrogens with one attached hydrogen (secondary N) is 1. The molecule has 130 valence electrons. The van der Waals surface area contributed by atoms with Gasteiger partial charge in [0.25, 0.3) is 0 Å². The molecule has 2 aromatic carbocycles. The van der Waals surface area contributed by atoms with E-state index in [0.29, 0.717) is 17.4 Å². The van der Waals surface area contributed by atoms with Crippen LogP contribution >= 0.6 is 0 Å². The van der Waals surface area contributed by atoms with Gasteiger partial charge in [-0.3, -0.25) is 0 Å². The second-order valence-electron chi connectivity index (χ2n) is 6.83. The molecule has 25 heavy (non-hydrogen) atoms. The monoisotopic (exact) mass is 357 g/mol. The van der Waals surface area contributed by atoms with Crippen molar-refractivity contribution in [1.29, 1.82) is 0 Å². The Kier molecular flexibility index (Phi) is 3.58. The molecule has 0 aliphatic carbocycles. The van der Waals surface area contributed by atoms with Crippen molar-refractivity contribution in [3.05, 3.63) is 53.1 Å². The minimum atomic E-state index is -1.98. The fourth-order valence-electron chi connectivity index (χ4n) is 4.29. The van der Waals surface area contributed by atoms with E-state index in [1.807, 2.05) is 6.07 Å². The third kappa shape index (κ3) is 2.47. The van der Waals surface area contributed by atoms with Gasteiger partial charge in [-0.25, -0.2) is 4.21 Å². The number of fused-ring (bicyclic) bond motifs is 4. The summed E-state index contributed by atoms with van der Waals surface area (Å²) in [6.07, 6.45) is 1.90. The molecule has 3 aliphatic heterocycles. The van der Waals surface area contributed by atoms with Crippen LogP contribution < -0.4 is 10.1 Å². The van der Waals surface area contributed by atoms with Crippen molar-refractivity contribution < 1.29 is 18.2 Å². The van der Waals surface area contributed by atoms with Crippen molar-refractivity contribution in [1.82, 2.24) is 0 Å². The smallest absolute Gasteiger partial charge is 0.186 e. The molecule has 3 heterocycles. The highest BCUT2D eigenvalue weighted by atomic mass is 32.2. The zero-order valence-electron chi connectivity index (χ0n) is 13.6. The molecule has 5 nitrogen and oxygen atoms in total. The maximum atomic E-state index is 11.4. The van der Waals surface area contributed by atoms with Crippen molar-refractivity contribution in [3.8, 4) is 5.75 Å². The largest absolute Gasteiger partial charge is 0.493 e. The molecule has 0 spiro atoms. The quantitative estimate of drug-likeness (QED) is 0.806. The summed E-state index contributed by atoms with van der Waals surface area (Å²) in [4.78, 5) is 0.419. The first kappa shape index (κ1) is 15.4. The Bertz CT molecular complexity index is 868. The van der Waals surface area contributed by atoms with Gasteiger partial charge in [0.15, 0.2) is 11.1 Å². The molecule has 0 aromatic heterocycles. The Labute approximate surface area is 148 Å². The van der Waals surface area contributed by atoms with Gasteiger partial charge in [-0.2, -0.15) is 0 Å². The minimum Gasteiger partial charge on any atom is -0.493 e. The van der Waals surface area contributed by atoms with Gasteiger partial charge >= 0.3 is 0 Å². The van der Waals surface area contributed by atoms with E-state index in [1.54, 1.807) is 12.1 Å². The predicted octanol–water partition coefficient (Wildman–Crippen LogP) is 3.45. The zero-order chi connectivity index (χ0) is 17.0. The molecule has 1 fully saturated rings. The SMILES string of the molecule is O=S(O)c1ccc2c(c1)[C@H]1OCC[C@H]1C(c1ccc3c(c1)CCO3)N2. The van der Waals surface area contributed by atoms with Crippen molar-refractivity contribution in [2.24, 2.45) is 5.92 Å². The fourth-order valence-corrected chi connectivity index (χ4v) is 4.70. The van der Waals surface area contributed by atoms with Gasteiger partial charge in [0.05, 0.1) is 23.6 Å². The zero-order valence-corrected chi connectivity index (χ0v) is 14.4. The molecule has 6 heteroatoms. The van der Waals surface area contributed by atoms with Gasteiger partial charge in [-0.1, -0.05) is 6.07 Å². The number of anilines is 1. The van der Waals surface area contributed by atoms with Crippen LogP contribution in [0.4, 0.5) is 5.69 Å². The highest BCUT2D eigenvalue weighted by molar-refractivity contribution is 7.79. The molecule has 2 unspecified atom stereocenters. The summed E-state index contributed by atoms with van der Waals surface area (Å²) >= 11 is -1.98. The van der Waals surface area contributed by atoms with Crippen molar-refractivity contribution in [3.63, 3.8) is 0 Å². The summed E-state index contributed by atoms with van der Waals surface area (Å²) < 4.78 is 32.4. The highest BCUT2D eigenvalue weighted by Crippen LogP contribution is 2.50. The molecule has 2 N–H and O–H groups in total. The summed E-state index contributed by atoms with van der Waals surface area (Å²) in [7, 11) is 0. The fraction of sp³-hybridized carbons (Fsp3) is 0.368. The standard InChI is InChI=1S/C19H19NO4S/c21-25(22)13-2-3-16-15(10-13)19-14(6-8-24-19)18(20-16)12-1-4-17-11(9-12)5-7-23-17/h1-4,9-10,14,18-20H,5-8H2,(H,21,22)/t14-,18?,19-/m0/s1. The third-order valence-corrected chi connectivity index (χ3v) is 6.14. The first-order chi connectivity index (χ1) is 12.2. The van der Waals surface area contributed by atoms with Crippen LogP contribution in [0.15, 0.2) is 41.3 Å². The molecule has 5 rings (SSSR count). The Morgan fingerprint density at radius 1 is 1.16 bits per heavy atom. The normalized spacial score (nSPS) is 27.6. The number of ether oxygens (including phenoxy) is 2. The minimum absolute atomic E-state index is 0.0331. The summed E-state index contributed by atoms with van der Waals surface area (Å²) in [6.45, 7) is 1.48. The molecule has 0 bridgehead atoms. The van der Waals surface area contributed by atoms with Crippen molar-refractivity contribution >= 4 is 16.8 Å². The number of benzene rings is 2. The van der Waals surface area contributed by atoms with E-state index in [4.69, 9.17) is 9.47 Å². The number of hydrogen-bond acceptors (Lipinski definition) is 4. The van der Waals surface area contributed by atoms with Gasteiger partial charge in [-0.15, -0.1) is 0 Å². The molecule has 0 amide bonds. The lowest BCUT2D eigenvalue weighted by atomic mass is 9.80. The van der Waals surface area contributed by atoms with Crippen LogP contribution in [0.5, 0.6) is 5.75 Å². The van der Waals surface area contributed by atoms with Crippen LogP contribution in [0, 0.1) is 5.92 Å².